The third-order valence-electron chi connectivity index (χ3n) is 4.54. The smallest absolute Gasteiger partial charge is 0.338 e. The van der Waals surface area contributed by atoms with E-state index in [0.717, 1.165) is 16.3 Å². The zero-order chi connectivity index (χ0) is 20.8. The van der Waals surface area contributed by atoms with E-state index >= 15 is 0 Å². The van der Waals surface area contributed by atoms with Gasteiger partial charge in [0.1, 0.15) is 0 Å². The Bertz CT molecular complexity index is 1040. The normalized spacial score (nSPS) is 11.5. The highest BCUT2D eigenvalue weighted by Gasteiger charge is 2.15. The number of ether oxygens (including phenoxy) is 2. The summed E-state index contributed by atoms with van der Waals surface area (Å²) in [5, 5.41) is 5.00. The summed E-state index contributed by atoms with van der Waals surface area (Å²) in [5.74, 6) is -1.54. The maximum absolute atomic E-state index is 12.2. The first-order valence-corrected chi connectivity index (χ1v) is 9.12. The summed E-state index contributed by atoms with van der Waals surface area (Å²) in [6.07, 6.45) is 0. The van der Waals surface area contributed by atoms with Crippen LogP contribution in [0.3, 0.4) is 0 Å². The average Bonchev–Trinajstić information content (AvgIpc) is 2.76. The molecule has 1 atom stereocenters. The highest BCUT2D eigenvalue weighted by molar-refractivity contribution is 5.94. The van der Waals surface area contributed by atoms with E-state index in [4.69, 9.17) is 4.74 Å². The second-order valence-electron chi connectivity index (χ2n) is 6.50. The number of methoxy groups -OCH3 is 1. The van der Waals surface area contributed by atoms with Crippen molar-refractivity contribution < 1.29 is 23.9 Å². The number of nitrogens with one attached hydrogen (secondary N) is 1. The van der Waals surface area contributed by atoms with Crippen molar-refractivity contribution in [1.82, 2.24) is 5.32 Å². The minimum atomic E-state index is -0.644. The lowest BCUT2D eigenvalue weighted by Gasteiger charge is -2.16. The minimum Gasteiger partial charge on any atom is -0.465 e. The SMILES string of the molecule is COC(=O)c1ccc(C(=O)OCC(=O)NC(C)c2cccc3ccccc23)cc1. The Morgan fingerprint density at radius 2 is 1.48 bits per heavy atom. The molecule has 1 amide bonds. The highest BCUT2D eigenvalue weighted by atomic mass is 16.5. The Balaban J connectivity index is 1.58. The van der Waals surface area contributed by atoms with Gasteiger partial charge in [-0.25, -0.2) is 9.59 Å². The first-order chi connectivity index (χ1) is 14.0. The van der Waals surface area contributed by atoms with E-state index in [9.17, 15) is 14.4 Å². The zero-order valence-corrected chi connectivity index (χ0v) is 16.2. The number of fused-ring (bicyclic) bond motifs is 1. The number of esters is 2. The van der Waals surface area contributed by atoms with Gasteiger partial charge < -0.3 is 14.8 Å². The quantitative estimate of drug-likeness (QED) is 0.649. The van der Waals surface area contributed by atoms with Crippen LogP contribution < -0.4 is 5.32 Å². The summed E-state index contributed by atoms with van der Waals surface area (Å²) in [6.45, 7) is 1.49. The molecule has 3 aromatic carbocycles. The third-order valence-corrected chi connectivity index (χ3v) is 4.54. The maximum atomic E-state index is 12.2. The van der Waals surface area contributed by atoms with E-state index in [1.807, 2.05) is 49.4 Å². The molecule has 3 aromatic rings. The molecule has 0 saturated heterocycles. The third kappa shape index (κ3) is 4.79. The van der Waals surface area contributed by atoms with Gasteiger partial charge in [-0.3, -0.25) is 4.79 Å². The number of carbonyl (C=O) groups is 3. The van der Waals surface area contributed by atoms with Gasteiger partial charge >= 0.3 is 11.9 Å². The molecule has 0 spiro atoms. The topological polar surface area (TPSA) is 81.7 Å². The molecule has 0 aromatic heterocycles. The van der Waals surface area contributed by atoms with Crippen LogP contribution in [0.25, 0.3) is 10.8 Å². The molecule has 0 aliphatic carbocycles. The molecule has 1 unspecified atom stereocenters. The molecule has 0 aliphatic rings. The second kappa shape index (κ2) is 9.01. The number of hydrogen-bond acceptors (Lipinski definition) is 5. The van der Waals surface area contributed by atoms with Gasteiger partial charge in [0.2, 0.25) is 0 Å². The number of hydrogen-bond donors (Lipinski definition) is 1. The summed E-state index contributed by atoms with van der Waals surface area (Å²) in [6, 6.07) is 19.4. The minimum absolute atomic E-state index is 0.243. The van der Waals surface area contributed by atoms with Crippen molar-refractivity contribution in [1.29, 1.82) is 0 Å². The predicted molar refractivity (Wildman–Crippen MR) is 109 cm³/mol. The van der Waals surface area contributed by atoms with Gasteiger partial charge in [0.05, 0.1) is 24.3 Å². The van der Waals surface area contributed by atoms with Crippen LogP contribution in [0.1, 0.15) is 39.2 Å². The fourth-order valence-electron chi connectivity index (χ4n) is 3.06. The Morgan fingerprint density at radius 3 is 2.17 bits per heavy atom. The second-order valence-corrected chi connectivity index (χ2v) is 6.50. The summed E-state index contributed by atoms with van der Waals surface area (Å²) in [7, 11) is 1.28. The molecule has 0 heterocycles. The fourth-order valence-corrected chi connectivity index (χ4v) is 3.06. The predicted octanol–water partition coefficient (Wildman–Crippen LogP) is 3.66. The summed E-state index contributed by atoms with van der Waals surface area (Å²) in [4.78, 5) is 35.8. The summed E-state index contributed by atoms with van der Waals surface area (Å²) >= 11 is 0. The number of amides is 1. The monoisotopic (exact) mass is 391 g/mol. The molecule has 0 radical (unpaired) electrons. The first-order valence-electron chi connectivity index (χ1n) is 9.12. The van der Waals surface area contributed by atoms with Crippen molar-refractivity contribution in [3.63, 3.8) is 0 Å². The van der Waals surface area contributed by atoms with Gasteiger partial charge in [0.15, 0.2) is 6.61 Å². The van der Waals surface area contributed by atoms with Crippen molar-refractivity contribution in [3.8, 4) is 0 Å². The van der Waals surface area contributed by atoms with E-state index in [1.165, 1.54) is 31.4 Å². The maximum Gasteiger partial charge on any atom is 0.338 e. The fraction of sp³-hybridized carbons (Fsp3) is 0.174. The van der Waals surface area contributed by atoms with Crippen LogP contribution in [-0.4, -0.2) is 31.6 Å². The molecule has 148 valence electrons. The van der Waals surface area contributed by atoms with Crippen LogP contribution in [0, 0.1) is 0 Å². The Morgan fingerprint density at radius 1 is 0.862 bits per heavy atom. The Labute approximate surface area is 168 Å². The van der Waals surface area contributed by atoms with Crippen molar-refractivity contribution in [2.24, 2.45) is 0 Å². The number of benzene rings is 3. The summed E-state index contributed by atoms with van der Waals surface area (Å²) < 4.78 is 9.68. The van der Waals surface area contributed by atoms with Gasteiger partial charge in [-0.05, 0) is 47.5 Å². The molecule has 0 bridgehead atoms. The Kier molecular flexibility index (Phi) is 6.24. The molecule has 0 fully saturated rings. The zero-order valence-electron chi connectivity index (χ0n) is 16.2. The molecule has 0 saturated carbocycles. The van der Waals surface area contributed by atoms with Gasteiger partial charge in [0, 0.05) is 0 Å². The first kappa shape index (κ1) is 20.1. The Hall–Kier alpha value is -3.67. The van der Waals surface area contributed by atoms with Gasteiger partial charge in [-0.15, -0.1) is 0 Å². The van der Waals surface area contributed by atoms with Gasteiger partial charge in [0.25, 0.3) is 5.91 Å². The van der Waals surface area contributed by atoms with Gasteiger partial charge in [-0.1, -0.05) is 42.5 Å². The molecule has 29 heavy (non-hydrogen) atoms. The molecule has 1 N–H and O–H groups in total. The van der Waals surface area contributed by atoms with E-state index in [1.54, 1.807) is 0 Å². The number of rotatable bonds is 6. The lowest BCUT2D eigenvalue weighted by atomic mass is 10.00. The highest BCUT2D eigenvalue weighted by Crippen LogP contribution is 2.23. The van der Waals surface area contributed by atoms with Crippen molar-refractivity contribution in [2.75, 3.05) is 13.7 Å². The average molecular weight is 391 g/mol. The van der Waals surface area contributed by atoms with Crippen molar-refractivity contribution in [3.05, 3.63) is 83.4 Å². The van der Waals surface area contributed by atoms with Crippen LogP contribution in [0.5, 0.6) is 0 Å². The van der Waals surface area contributed by atoms with E-state index in [0.29, 0.717) is 5.56 Å². The summed E-state index contributed by atoms with van der Waals surface area (Å²) in [5.41, 5.74) is 1.56. The molecule has 0 aliphatic heterocycles. The number of carbonyl (C=O) groups excluding carboxylic acids is 3. The van der Waals surface area contributed by atoms with Gasteiger partial charge in [-0.2, -0.15) is 0 Å². The molecule has 6 nitrogen and oxygen atoms in total. The van der Waals surface area contributed by atoms with E-state index in [2.05, 4.69) is 10.1 Å². The lowest BCUT2D eigenvalue weighted by molar-refractivity contribution is -0.124. The van der Waals surface area contributed by atoms with Crippen LogP contribution in [-0.2, 0) is 14.3 Å². The van der Waals surface area contributed by atoms with Crippen molar-refractivity contribution >= 4 is 28.6 Å². The molecule has 3 rings (SSSR count). The van der Waals surface area contributed by atoms with Crippen LogP contribution in [0.4, 0.5) is 0 Å². The largest absolute Gasteiger partial charge is 0.465 e. The van der Waals surface area contributed by atoms with Crippen LogP contribution >= 0.6 is 0 Å². The van der Waals surface area contributed by atoms with E-state index < -0.39 is 24.5 Å². The molecular weight excluding hydrogens is 370 g/mol. The standard InChI is InChI=1S/C23H21NO5/c1-15(19-9-5-7-16-6-3-4-8-20(16)19)24-21(25)14-29-23(27)18-12-10-17(11-13-18)22(26)28-2/h3-13,15H,14H2,1-2H3,(H,24,25). The van der Waals surface area contributed by atoms with E-state index in [-0.39, 0.29) is 11.6 Å². The molecular formula is C23H21NO5. The molecule has 6 heteroatoms. The van der Waals surface area contributed by atoms with Crippen molar-refractivity contribution in [2.45, 2.75) is 13.0 Å². The van der Waals surface area contributed by atoms with Crippen LogP contribution in [0.15, 0.2) is 66.7 Å². The van der Waals surface area contributed by atoms with Crippen LogP contribution in [0.2, 0.25) is 0 Å². The lowest BCUT2D eigenvalue weighted by Crippen LogP contribution is -2.31.